The van der Waals surface area contributed by atoms with Crippen molar-refractivity contribution in [1.82, 2.24) is 5.32 Å². The fraction of sp³-hybridized carbons (Fsp3) is 0.600. The normalized spacial score (nSPS) is 24.0. The van der Waals surface area contributed by atoms with Crippen LogP contribution in [0.5, 0.6) is 0 Å². The molecule has 1 rings (SSSR count). The fourth-order valence-electron chi connectivity index (χ4n) is 1.46. The van der Waals surface area contributed by atoms with E-state index in [1.54, 1.807) is 0 Å². The molecule has 1 amide bonds. The van der Waals surface area contributed by atoms with Crippen molar-refractivity contribution in [2.75, 3.05) is 20.3 Å². The van der Waals surface area contributed by atoms with Crippen LogP contribution in [-0.4, -0.2) is 38.2 Å². The highest BCUT2D eigenvalue weighted by atomic mass is 16.5. The van der Waals surface area contributed by atoms with Crippen molar-refractivity contribution in [3.05, 3.63) is 11.3 Å². The van der Waals surface area contributed by atoms with E-state index in [1.807, 2.05) is 6.92 Å². The lowest BCUT2D eigenvalue weighted by molar-refractivity contribution is -0.137. The van der Waals surface area contributed by atoms with Gasteiger partial charge < -0.3 is 20.5 Å². The largest absolute Gasteiger partial charge is 0.465 e. The van der Waals surface area contributed by atoms with E-state index in [0.29, 0.717) is 25.3 Å². The van der Waals surface area contributed by atoms with Gasteiger partial charge in [-0.2, -0.15) is 0 Å². The van der Waals surface area contributed by atoms with Crippen LogP contribution in [0.1, 0.15) is 13.3 Å². The van der Waals surface area contributed by atoms with Gasteiger partial charge in [0.25, 0.3) is 5.91 Å². The van der Waals surface area contributed by atoms with E-state index >= 15 is 0 Å². The number of hydrogen-bond donors (Lipinski definition) is 2. The van der Waals surface area contributed by atoms with Gasteiger partial charge in [-0.05, 0) is 6.92 Å². The van der Waals surface area contributed by atoms with Crippen molar-refractivity contribution in [2.24, 2.45) is 5.73 Å². The van der Waals surface area contributed by atoms with Gasteiger partial charge in [-0.25, -0.2) is 4.79 Å². The summed E-state index contributed by atoms with van der Waals surface area (Å²) in [7, 11) is 1.21. The Kier molecular flexibility index (Phi) is 4.30. The van der Waals surface area contributed by atoms with Gasteiger partial charge in [0.2, 0.25) is 0 Å². The maximum atomic E-state index is 11.4. The van der Waals surface area contributed by atoms with Crippen molar-refractivity contribution in [2.45, 2.75) is 19.4 Å². The maximum absolute atomic E-state index is 11.4. The van der Waals surface area contributed by atoms with Gasteiger partial charge in [0, 0.05) is 18.7 Å². The number of carbonyl (C=O) groups excluding carboxylic acids is 2. The molecule has 0 aliphatic carbocycles. The Balaban J connectivity index is 2.96. The topological polar surface area (TPSA) is 90.7 Å². The summed E-state index contributed by atoms with van der Waals surface area (Å²) in [5.41, 5.74) is 5.52. The minimum absolute atomic E-state index is 0.0317. The first kappa shape index (κ1) is 12.5. The molecule has 1 saturated heterocycles. The van der Waals surface area contributed by atoms with Gasteiger partial charge >= 0.3 is 5.97 Å². The molecule has 1 fully saturated rings. The summed E-state index contributed by atoms with van der Waals surface area (Å²) in [5, 5.41) is 2.98. The van der Waals surface area contributed by atoms with Gasteiger partial charge in [0.05, 0.1) is 19.8 Å². The zero-order valence-electron chi connectivity index (χ0n) is 9.41. The third-order valence-electron chi connectivity index (χ3n) is 2.30. The lowest BCUT2D eigenvalue weighted by Crippen LogP contribution is -2.29. The summed E-state index contributed by atoms with van der Waals surface area (Å²) < 4.78 is 9.89. The Bertz CT molecular complexity index is 325. The second-order valence-electron chi connectivity index (χ2n) is 3.52. The Labute approximate surface area is 93.8 Å². The third-order valence-corrected chi connectivity index (χ3v) is 2.30. The molecule has 0 aromatic rings. The average molecular weight is 228 g/mol. The first-order valence-electron chi connectivity index (χ1n) is 5.03. The third kappa shape index (κ3) is 2.96. The molecule has 0 spiro atoms. The van der Waals surface area contributed by atoms with Gasteiger partial charge in [-0.3, -0.25) is 4.79 Å². The summed E-state index contributed by atoms with van der Waals surface area (Å²) in [5.74, 6) is -1.51. The average Bonchev–Trinajstić information content (AvgIpc) is 2.43. The highest BCUT2D eigenvalue weighted by Crippen LogP contribution is 2.12. The van der Waals surface area contributed by atoms with E-state index < -0.39 is 11.9 Å². The number of methoxy groups -OCH3 is 1. The number of hydrogen-bond acceptors (Lipinski definition) is 5. The molecule has 0 aromatic carbocycles. The molecule has 90 valence electrons. The molecule has 3 N–H and O–H groups in total. The molecule has 6 heteroatoms. The van der Waals surface area contributed by atoms with Crippen LogP contribution >= 0.6 is 0 Å². The summed E-state index contributed by atoms with van der Waals surface area (Å²) in [6.07, 6.45) is 0.474. The predicted octanol–water partition coefficient (Wildman–Crippen LogP) is -0.703. The molecule has 0 radical (unpaired) electrons. The van der Waals surface area contributed by atoms with Crippen LogP contribution in [0, 0.1) is 0 Å². The van der Waals surface area contributed by atoms with Crippen LogP contribution in [0.2, 0.25) is 0 Å². The van der Waals surface area contributed by atoms with Crippen LogP contribution in [0.15, 0.2) is 11.3 Å². The number of ether oxygens (including phenoxy) is 2. The SMILES string of the molecule is COC(=O)/C(C(N)=O)=C1\CCO[C@H](C)CN1. The highest BCUT2D eigenvalue weighted by Gasteiger charge is 2.23. The molecular formula is C10H16N2O4. The number of rotatable bonds is 2. The molecule has 0 aromatic heterocycles. The summed E-state index contributed by atoms with van der Waals surface area (Å²) in [6, 6.07) is 0. The number of carbonyl (C=O) groups is 2. The maximum Gasteiger partial charge on any atom is 0.345 e. The molecule has 1 aliphatic heterocycles. The van der Waals surface area contributed by atoms with E-state index in [9.17, 15) is 9.59 Å². The number of nitrogens with two attached hydrogens (primary N) is 1. The van der Waals surface area contributed by atoms with Gasteiger partial charge in [-0.1, -0.05) is 0 Å². The van der Waals surface area contributed by atoms with Gasteiger partial charge in [0.1, 0.15) is 5.57 Å². The van der Waals surface area contributed by atoms with Crippen LogP contribution < -0.4 is 11.1 Å². The number of nitrogens with one attached hydrogen (secondary N) is 1. The van der Waals surface area contributed by atoms with Crippen LogP contribution in [0.4, 0.5) is 0 Å². The van der Waals surface area contributed by atoms with Crippen molar-refractivity contribution in [1.29, 1.82) is 0 Å². The Hall–Kier alpha value is -1.56. The van der Waals surface area contributed by atoms with E-state index in [0.717, 1.165) is 0 Å². The summed E-state index contributed by atoms with van der Waals surface area (Å²) >= 11 is 0. The molecule has 0 bridgehead atoms. The molecule has 16 heavy (non-hydrogen) atoms. The Morgan fingerprint density at radius 1 is 1.56 bits per heavy atom. The zero-order chi connectivity index (χ0) is 12.1. The lowest BCUT2D eigenvalue weighted by Gasteiger charge is -2.11. The minimum atomic E-state index is -0.788. The number of primary amides is 1. The lowest BCUT2D eigenvalue weighted by atomic mass is 10.1. The predicted molar refractivity (Wildman–Crippen MR) is 56.3 cm³/mol. The monoisotopic (exact) mass is 228 g/mol. The van der Waals surface area contributed by atoms with Crippen LogP contribution in [0.25, 0.3) is 0 Å². The Morgan fingerprint density at radius 2 is 2.25 bits per heavy atom. The fourth-order valence-corrected chi connectivity index (χ4v) is 1.46. The summed E-state index contributed by atoms with van der Waals surface area (Å²) in [6.45, 7) is 2.87. The first-order chi connectivity index (χ1) is 7.56. The highest BCUT2D eigenvalue weighted by molar-refractivity contribution is 6.16. The van der Waals surface area contributed by atoms with Gasteiger partial charge in [0.15, 0.2) is 0 Å². The molecule has 0 unspecified atom stereocenters. The molecule has 6 nitrogen and oxygen atoms in total. The quantitative estimate of drug-likeness (QED) is 0.282. The van der Waals surface area contributed by atoms with E-state index in [-0.39, 0.29) is 11.7 Å². The molecule has 1 heterocycles. The molecular weight excluding hydrogens is 212 g/mol. The van der Waals surface area contributed by atoms with Crippen LogP contribution in [0.3, 0.4) is 0 Å². The summed E-state index contributed by atoms with van der Waals surface area (Å²) in [4.78, 5) is 22.6. The number of esters is 1. The minimum Gasteiger partial charge on any atom is -0.465 e. The number of amides is 1. The molecule has 1 aliphatic rings. The van der Waals surface area contributed by atoms with Crippen molar-refractivity contribution >= 4 is 11.9 Å². The molecule has 0 saturated carbocycles. The second-order valence-corrected chi connectivity index (χ2v) is 3.52. The van der Waals surface area contributed by atoms with Crippen molar-refractivity contribution < 1.29 is 19.1 Å². The zero-order valence-corrected chi connectivity index (χ0v) is 9.41. The van der Waals surface area contributed by atoms with Crippen molar-refractivity contribution in [3.63, 3.8) is 0 Å². The van der Waals surface area contributed by atoms with Crippen molar-refractivity contribution in [3.8, 4) is 0 Å². The Morgan fingerprint density at radius 3 is 2.81 bits per heavy atom. The smallest absolute Gasteiger partial charge is 0.345 e. The first-order valence-corrected chi connectivity index (χ1v) is 5.03. The van der Waals surface area contributed by atoms with E-state index in [1.165, 1.54) is 7.11 Å². The standard InChI is InChI=1S/C10H16N2O4/c1-6-5-12-7(3-4-16-6)8(9(11)13)10(14)15-2/h6,12H,3-5H2,1-2H3,(H2,11,13)/b8-7+/t6-/m1/s1. The van der Waals surface area contributed by atoms with Crippen LogP contribution in [-0.2, 0) is 19.1 Å². The second kappa shape index (κ2) is 5.50. The van der Waals surface area contributed by atoms with E-state index in [2.05, 4.69) is 10.1 Å². The van der Waals surface area contributed by atoms with Gasteiger partial charge in [-0.15, -0.1) is 0 Å². The molecule has 1 atom stereocenters. The van der Waals surface area contributed by atoms with E-state index in [4.69, 9.17) is 10.5 Å².